The topological polar surface area (TPSA) is 64.3 Å². The maximum Gasteiger partial charge on any atom is 0.277 e. The van der Waals surface area contributed by atoms with E-state index in [-0.39, 0.29) is 12.4 Å². The molecule has 0 rings (SSSR count). The first kappa shape index (κ1) is 18.6. The lowest BCUT2D eigenvalue weighted by atomic mass is 10.3. The average Bonchev–Trinajstić information content (AvgIpc) is 2.26. The molecule has 0 saturated carbocycles. The van der Waals surface area contributed by atoms with Crippen molar-refractivity contribution >= 4 is 18.3 Å². The number of carbonyl (C=O) groups is 1. The Morgan fingerprint density at radius 1 is 1.65 bits per heavy atom. The van der Waals surface area contributed by atoms with Crippen LogP contribution in [-0.2, 0) is 9.53 Å². The highest BCUT2D eigenvalue weighted by molar-refractivity contribution is 5.85. The van der Waals surface area contributed by atoms with E-state index in [1.807, 2.05) is 0 Å². The van der Waals surface area contributed by atoms with Crippen LogP contribution in [0.1, 0.15) is 13.3 Å². The molecule has 0 aromatic carbocycles. The SMILES string of the molecule is C=CCCOC(C)C(=O)NCC(F)(F)CN.Cl. The first-order valence-electron chi connectivity index (χ1n) is 5.01. The number of hydrogen-bond acceptors (Lipinski definition) is 3. The van der Waals surface area contributed by atoms with Gasteiger partial charge in [0.1, 0.15) is 6.10 Å². The monoisotopic (exact) mass is 272 g/mol. The minimum Gasteiger partial charge on any atom is -0.368 e. The third-order valence-corrected chi connectivity index (χ3v) is 1.88. The number of hydrogen-bond donors (Lipinski definition) is 2. The van der Waals surface area contributed by atoms with E-state index in [2.05, 4.69) is 11.9 Å². The largest absolute Gasteiger partial charge is 0.368 e. The lowest BCUT2D eigenvalue weighted by Crippen LogP contribution is -2.44. The smallest absolute Gasteiger partial charge is 0.277 e. The predicted octanol–water partition coefficient (Wildman–Crippen LogP) is 1.10. The predicted molar refractivity (Wildman–Crippen MR) is 64.5 cm³/mol. The van der Waals surface area contributed by atoms with E-state index in [1.165, 1.54) is 6.92 Å². The molecule has 0 bridgehead atoms. The van der Waals surface area contributed by atoms with E-state index in [0.717, 1.165) is 0 Å². The fourth-order valence-electron chi connectivity index (χ4n) is 0.836. The van der Waals surface area contributed by atoms with Gasteiger partial charge in [0.2, 0.25) is 5.91 Å². The van der Waals surface area contributed by atoms with E-state index in [4.69, 9.17) is 10.5 Å². The van der Waals surface area contributed by atoms with Crippen molar-refractivity contribution in [1.82, 2.24) is 5.32 Å². The molecule has 3 N–H and O–H groups in total. The third-order valence-electron chi connectivity index (χ3n) is 1.88. The van der Waals surface area contributed by atoms with Crippen LogP contribution in [0.4, 0.5) is 8.78 Å². The molecule has 102 valence electrons. The normalized spacial score (nSPS) is 12.5. The van der Waals surface area contributed by atoms with Crippen LogP contribution in [0.5, 0.6) is 0 Å². The van der Waals surface area contributed by atoms with Gasteiger partial charge in [-0.15, -0.1) is 19.0 Å². The van der Waals surface area contributed by atoms with E-state index in [1.54, 1.807) is 6.08 Å². The minimum absolute atomic E-state index is 0. The second kappa shape index (κ2) is 9.32. The van der Waals surface area contributed by atoms with Crippen molar-refractivity contribution in [2.24, 2.45) is 5.73 Å². The number of ether oxygens (including phenoxy) is 1. The second-order valence-corrected chi connectivity index (χ2v) is 3.37. The summed E-state index contributed by atoms with van der Waals surface area (Å²) in [5.41, 5.74) is 4.82. The summed E-state index contributed by atoms with van der Waals surface area (Å²) in [5, 5.41) is 2.08. The highest BCUT2D eigenvalue weighted by Gasteiger charge is 2.28. The van der Waals surface area contributed by atoms with Gasteiger partial charge >= 0.3 is 0 Å². The van der Waals surface area contributed by atoms with Gasteiger partial charge in [0.15, 0.2) is 0 Å². The zero-order valence-corrected chi connectivity index (χ0v) is 10.6. The fraction of sp³-hybridized carbons (Fsp3) is 0.700. The second-order valence-electron chi connectivity index (χ2n) is 3.37. The summed E-state index contributed by atoms with van der Waals surface area (Å²) in [5.74, 6) is -3.64. The minimum atomic E-state index is -3.07. The molecule has 0 fully saturated rings. The molecule has 7 heteroatoms. The van der Waals surface area contributed by atoms with Crippen molar-refractivity contribution in [3.8, 4) is 0 Å². The zero-order chi connectivity index (χ0) is 12.6. The lowest BCUT2D eigenvalue weighted by Gasteiger charge is -2.17. The van der Waals surface area contributed by atoms with Gasteiger partial charge < -0.3 is 15.8 Å². The van der Waals surface area contributed by atoms with Crippen molar-refractivity contribution in [3.63, 3.8) is 0 Å². The van der Waals surface area contributed by atoms with E-state index >= 15 is 0 Å². The molecule has 17 heavy (non-hydrogen) atoms. The Labute approximate surface area is 106 Å². The molecule has 0 spiro atoms. The van der Waals surface area contributed by atoms with E-state index in [9.17, 15) is 13.6 Å². The first-order valence-corrected chi connectivity index (χ1v) is 5.01. The summed E-state index contributed by atoms with van der Waals surface area (Å²) >= 11 is 0. The van der Waals surface area contributed by atoms with Gasteiger partial charge in [0, 0.05) is 0 Å². The summed E-state index contributed by atoms with van der Waals surface area (Å²) in [6.45, 7) is 3.77. The number of carbonyl (C=O) groups excluding carboxylic acids is 1. The molecule has 0 aliphatic rings. The molecule has 0 saturated heterocycles. The summed E-state index contributed by atoms with van der Waals surface area (Å²) in [4.78, 5) is 11.3. The quantitative estimate of drug-likeness (QED) is 0.514. The van der Waals surface area contributed by atoms with Crippen molar-refractivity contribution < 1.29 is 18.3 Å². The molecule has 0 aliphatic carbocycles. The maximum absolute atomic E-state index is 12.7. The molecule has 4 nitrogen and oxygen atoms in total. The Bertz CT molecular complexity index is 240. The number of nitrogens with one attached hydrogen (secondary N) is 1. The molecule has 0 aromatic rings. The Morgan fingerprint density at radius 3 is 2.71 bits per heavy atom. The van der Waals surface area contributed by atoms with Gasteiger partial charge in [-0.2, -0.15) is 0 Å². The Kier molecular flexibility index (Phi) is 10.2. The van der Waals surface area contributed by atoms with Gasteiger partial charge in [-0.3, -0.25) is 4.79 Å². The number of halogens is 3. The zero-order valence-electron chi connectivity index (χ0n) is 9.75. The van der Waals surface area contributed by atoms with Gasteiger partial charge in [-0.05, 0) is 13.3 Å². The molecule has 1 amide bonds. The number of amides is 1. The molecule has 0 heterocycles. The lowest BCUT2D eigenvalue weighted by molar-refractivity contribution is -0.133. The summed E-state index contributed by atoms with van der Waals surface area (Å²) in [6, 6.07) is 0. The van der Waals surface area contributed by atoms with Gasteiger partial charge in [-0.25, -0.2) is 8.78 Å². The van der Waals surface area contributed by atoms with Crippen LogP contribution in [0.25, 0.3) is 0 Å². The van der Waals surface area contributed by atoms with Crippen molar-refractivity contribution in [2.45, 2.75) is 25.4 Å². The number of alkyl halides is 2. The molecule has 1 unspecified atom stereocenters. The average molecular weight is 273 g/mol. The number of rotatable bonds is 8. The van der Waals surface area contributed by atoms with Crippen LogP contribution < -0.4 is 11.1 Å². The van der Waals surface area contributed by atoms with Crippen LogP contribution in [0.15, 0.2) is 12.7 Å². The molecular formula is C10H19ClF2N2O2. The van der Waals surface area contributed by atoms with Crippen molar-refractivity contribution in [3.05, 3.63) is 12.7 Å². The van der Waals surface area contributed by atoms with E-state index < -0.39 is 31.0 Å². The molecule has 0 aromatic heterocycles. The van der Waals surface area contributed by atoms with Crippen LogP contribution >= 0.6 is 12.4 Å². The number of nitrogens with two attached hydrogens (primary N) is 1. The highest BCUT2D eigenvalue weighted by Crippen LogP contribution is 2.08. The first-order chi connectivity index (χ1) is 7.43. The third kappa shape index (κ3) is 9.02. The Balaban J connectivity index is 0. The van der Waals surface area contributed by atoms with Crippen LogP contribution in [0.3, 0.4) is 0 Å². The van der Waals surface area contributed by atoms with Crippen LogP contribution in [0, 0.1) is 0 Å². The molecule has 1 atom stereocenters. The van der Waals surface area contributed by atoms with Gasteiger partial charge in [0.25, 0.3) is 5.92 Å². The van der Waals surface area contributed by atoms with Crippen LogP contribution in [0.2, 0.25) is 0 Å². The van der Waals surface area contributed by atoms with Crippen molar-refractivity contribution in [2.75, 3.05) is 19.7 Å². The van der Waals surface area contributed by atoms with Gasteiger partial charge in [-0.1, -0.05) is 6.08 Å². The van der Waals surface area contributed by atoms with Crippen molar-refractivity contribution in [1.29, 1.82) is 0 Å². The van der Waals surface area contributed by atoms with Crippen LogP contribution in [-0.4, -0.2) is 37.6 Å². The Hall–Kier alpha value is -0.720. The molecular weight excluding hydrogens is 254 g/mol. The van der Waals surface area contributed by atoms with E-state index in [0.29, 0.717) is 13.0 Å². The summed E-state index contributed by atoms with van der Waals surface area (Å²) < 4.78 is 30.5. The Morgan fingerprint density at radius 2 is 2.24 bits per heavy atom. The highest BCUT2D eigenvalue weighted by atomic mass is 35.5. The standard InChI is InChI=1S/C10H18F2N2O2.ClH/c1-3-4-5-16-8(2)9(15)14-7-10(11,12)6-13;/h3,8H,1,4-7,13H2,2H3,(H,14,15);1H. The summed E-state index contributed by atoms with van der Waals surface area (Å²) in [7, 11) is 0. The fourth-order valence-corrected chi connectivity index (χ4v) is 0.836. The van der Waals surface area contributed by atoms with Gasteiger partial charge in [0.05, 0.1) is 19.7 Å². The maximum atomic E-state index is 12.7. The molecule has 0 radical (unpaired) electrons. The molecule has 0 aliphatic heterocycles. The summed E-state index contributed by atoms with van der Waals surface area (Å²) in [6.07, 6.45) is 1.50.